The van der Waals surface area contributed by atoms with Crippen LogP contribution in [0.2, 0.25) is 5.02 Å². The topological polar surface area (TPSA) is 77.0 Å². The van der Waals surface area contributed by atoms with Crippen molar-refractivity contribution < 1.29 is 4.79 Å². The zero-order valence-electron chi connectivity index (χ0n) is 16.0. The highest BCUT2D eigenvalue weighted by Gasteiger charge is 2.16. The van der Waals surface area contributed by atoms with Crippen molar-refractivity contribution in [3.8, 4) is 11.4 Å². The number of hydrogen-bond donors (Lipinski definition) is 1. The molecule has 146 valence electrons. The number of carbonyl (C=O) groups is 1. The Morgan fingerprint density at radius 1 is 1.18 bits per heavy atom. The number of aryl methyl sites for hydroxylation is 2. The number of hydrogen-bond acceptors (Lipinski definition) is 5. The van der Waals surface area contributed by atoms with Crippen LogP contribution in [0.4, 0.5) is 0 Å². The number of amides is 1. The summed E-state index contributed by atoms with van der Waals surface area (Å²) in [6.07, 6.45) is 0. The molecule has 1 aromatic heterocycles. The molecule has 28 heavy (non-hydrogen) atoms. The summed E-state index contributed by atoms with van der Waals surface area (Å²) in [7, 11) is 1.80. The van der Waals surface area contributed by atoms with E-state index in [4.69, 9.17) is 17.4 Å². The Labute approximate surface area is 173 Å². The zero-order chi connectivity index (χ0) is 20.3. The summed E-state index contributed by atoms with van der Waals surface area (Å²) in [4.78, 5) is 14.2. The normalized spacial score (nSPS) is 10.9. The number of aromatic nitrogens is 3. The van der Waals surface area contributed by atoms with Gasteiger partial charge in [0.2, 0.25) is 11.1 Å². The van der Waals surface area contributed by atoms with E-state index in [0.717, 1.165) is 11.1 Å². The monoisotopic (exact) mass is 415 g/mol. The molecule has 0 radical (unpaired) electrons. The Kier molecular flexibility index (Phi) is 6.26. The second-order valence-electron chi connectivity index (χ2n) is 6.65. The second-order valence-corrected chi connectivity index (χ2v) is 8.03. The summed E-state index contributed by atoms with van der Waals surface area (Å²) in [5.74, 6) is 6.86. The number of thioether (sulfide) groups is 1. The maximum Gasteiger partial charge on any atom is 0.233 e. The Morgan fingerprint density at radius 2 is 1.89 bits per heavy atom. The van der Waals surface area contributed by atoms with E-state index >= 15 is 0 Å². The molecule has 6 nitrogen and oxygen atoms in total. The van der Waals surface area contributed by atoms with Gasteiger partial charge in [0.1, 0.15) is 0 Å². The molecule has 0 atom stereocenters. The first kappa shape index (κ1) is 20.2. The molecule has 0 aliphatic carbocycles. The van der Waals surface area contributed by atoms with Crippen LogP contribution in [0.3, 0.4) is 0 Å². The fourth-order valence-electron chi connectivity index (χ4n) is 2.77. The Balaban J connectivity index is 1.62. The molecule has 0 aliphatic heterocycles. The molecule has 2 N–H and O–H groups in total. The Bertz CT molecular complexity index is 987. The highest BCUT2D eigenvalue weighted by atomic mass is 35.5. The minimum absolute atomic E-state index is 0.000943. The van der Waals surface area contributed by atoms with E-state index in [2.05, 4.69) is 42.2 Å². The molecule has 8 heteroatoms. The minimum atomic E-state index is 0.000943. The van der Waals surface area contributed by atoms with Gasteiger partial charge in [-0.25, -0.2) is 4.68 Å². The molecule has 0 unspecified atom stereocenters. The molecule has 1 heterocycles. The van der Waals surface area contributed by atoms with Crippen LogP contribution >= 0.6 is 23.4 Å². The molecule has 1 amide bonds. The SMILES string of the molecule is Cc1ccc(CN(C)C(=O)CSc2nnc(-c3ccc(Cl)cc3)n2N)c(C)c1. The molecule has 3 rings (SSSR count). The van der Waals surface area contributed by atoms with E-state index < -0.39 is 0 Å². The third-order valence-electron chi connectivity index (χ3n) is 4.42. The van der Waals surface area contributed by atoms with Crippen LogP contribution < -0.4 is 5.84 Å². The van der Waals surface area contributed by atoms with Gasteiger partial charge in [-0.15, -0.1) is 10.2 Å². The molecule has 0 bridgehead atoms. The minimum Gasteiger partial charge on any atom is -0.341 e. The number of rotatable bonds is 6. The van der Waals surface area contributed by atoms with Gasteiger partial charge in [0.15, 0.2) is 5.82 Å². The van der Waals surface area contributed by atoms with E-state index in [9.17, 15) is 4.79 Å². The van der Waals surface area contributed by atoms with Crippen LogP contribution in [0.1, 0.15) is 16.7 Å². The molecule has 0 fully saturated rings. The molecule has 0 spiro atoms. The summed E-state index contributed by atoms with van der Waals surface area (Å²) in [5.41, 5.74) is 4.34. The molecular weight excluding hydrogens is 394 g/mol. The lowest BCUT2D eigenvalue weighted by Gasteiger charge is -2.18. The maximum atomic E-state index is 12.5. The quantitative estimate of drug-likeness (QED) is 0.490. The Morgan fingerprint density at radius 3 is 2.57 bits per heavy atom. The largest absolute Gasteiger partial charge is 0.341 e. The number of carbonyl (C=O) groups excluding carboxylic acids is 1. The number of nitrogen functional groups attached to an aromatic ring is 1. The second kappa shape index (κ2) is 8.67. The predicted octanol–water partition coefficient (Wildman–Crippen LogP) is 3.68. The predicted molar refractivity (Wildman–Crippen MR) is 114 cm³/mol. The highest BCUT2D eigenvalue weighted by molar-refractivity contribution is 7.99. The van der Waals surface area contributed by atoms with Crippen LogP contribution in [0, 0.1) is 13.8 Å². The first-order chi connectivity index (χ1) is 13.3. The fourth-order valence-corrected chi connectivity index (χ4v) is 3.70. The summed E-state index contributed by atoms with van der Waals surface area (Å²) >= 11 is 7.18. The standard InChI is InChI=1S/C20H22ClN5OS/c1-13-4-5-16(14(2)10-13)11-25(3)18(27)12-28-20-24-23-19(26(20)22)15-6-8-17(21)9-7-15/h4-10H,11-12,22H2,1-3H3. The van der Waals surface area contributed by atoms with Gasteiger partial charge in [0.25, 0.3) is 0 Å². The molecule has 0 aliphatic rings. The van der Waals surface area contributed by atoms with Crippen molar-refractivity contribution >= 4 is 29.3 Å². The average molecular weight is 416 g/mol. The number of nitrogens with zero attached hydrogens (tertiary/aromatic N) is 4. The smallest absolute Gasteiger partial charge is 0.233 e. The molecule has 2 aromatic carbocycles. The van der Waals surface area contributed by atoms with Gasteiger partial charge in [-0.05, 0) is 49.2 Å². The molecule has 3 aromatic rings. The third-order valence-corrected chi connectivity index (χ3v) is 5.60. The van der Waals surface area contributed by atoms with Crippen LogP contribution in [0.25, 0.3) is 11.4 Å². The van der Waals surface area contributed by atoms with Crippen LogP contribution in [0.15, 0.2) is 47.6 Å². The van der Waals surface area contributed by atoms with Gasteiger partial charge in [0, 0.05) is 24.2 Å². The van der Waals surface area contributed by atoms with Gasteiger partial charge >= 0.3 is 0 Å². The highest BCUT2D eigenvalue weighted by Crippen LogP contribution is 2.23. The van der Waals surface area contributed by atoms with E-state index in [1.807, 2.05) is 12.1 Å². The van der Waals surface area contributed by atoms with Gasteiger partial charge in [-0.1, -0.05) is 47.1 Å². The van der Waals surface area contributed by atoms with Crippen molar-refractivity contribution in [1.82, 2.24) is 19.8 Å². The first-order valence-corrected chi connectivity index (χ1v) is 10.1. The lowest BCUT2D eigenvalue weighted by molar-refractivity contribution is -0.127. The van der Waals surface area contributed by atoms with Gasteiger partial charge < -0.3 is 10.7 Å². The summed E-state index contributed by atoms with van der Waals surface area (Å²) in [5, 5.41) is 9.35. The summed E-state index contributed by atoms with van der Waals surface area (Å²) in [6, 6.07) is 13.4. The van der Waals surface area contributed by atoms with Crippen molar-refractivity contribution in [1.29, 1.82) is 0 Å². The zero-order valence-corrected chi connectivity index (χ0v) is 17.6. The lowest BCUT2D eigenvalue weighted by atomic mass is 10.1. The molecule has 0 saturated carbocycles. The van der Waals surface area contributed by atoms with E-state index in [0.29, 0.717) is 22.5 Å². The van der Waals surface area contributed by atoms with Crippen molar-refractivity contribution in [3.05, 3.63) is 64.2 Å². The van der Waals surface area contributed by atoms with Gasteiger partial charge in [0.05, 0.1) is 5.75 Å². The molecular formula is C20H22ClN5OS. The van der Waals surface area contributed by atoms with Crippen molar-refractivity contribution in [3.63, 3.8) is 0 Å². The number of benzene rings is 2. The van der Waals surface area contributed by atoms with Crippen LogP contribution in [-0.4, -0.2) is 38.5 Å². The molecule has 0 saturated heterocycles. The van der Waals surface area contributed by atoms with E-state index in [1.54, 1.807) is 24.1 Å². The third kappa shape index (κ3) is 4.66. The first-order valence-electron chi connectivity index (χ1n) is 8.74. The number of halogens is 1. The lowest BCUT2D eigenvalue weighted by Crippen LogP contribution is -2.28. The van der Waals surface area contributed by atoms with Crippen LogP contribution in [-0.2, 0) is 11.3 Å². The van der Waals surface area contributed by atoms with Crippen molar-refractivity contribution in [2.75, 3.05) is 18.6 Å². The van der Waals surface area contributed by atoms with E-state index in [-0.39, 0.29) is 11.7 Å². The van der Waals surface area contributed by atoms with E-state index in [1.165, 1.54) is 27.6 Å². The Hall–Kier alpha value is -2.51. The van der Waals surface area contributed by atoms with Crippen LogP contribution in [0.5, 0.6) is 0 Å². The number of nitrogens with two attached hydrogens (primary N) is 1. The maximum absolute atomic E-state index is 12.5. The average Bonchev–Trinajstić information content (AvgIpc) is 3.03. The van der Waals surface area contributed by atoms with Gasteiger partial charge in [-0.3, -0.25) is 4.79 Å². The van der Waals surface area contributed by atoms with Crippen molar-refractivity contribution in [2.24, 2.45) is 0 Å². The summed E-state index contributed by atoms with van der Waals surface area (Å²) < 4.78 is 1.39. The summed E-state index contributed by atoms with van der Waals surface area (Å²) in [6.45, 7) is 4.69. The van der Waals surface area contributed by atoms with Gasteiger partial charge in [-0.2, -0.15) is 0 Å². The fraction of sp³-hybridized carbons (Fsp3) is 0.250. The van der Waals surface area contributed by atoms with Crippen molar-refractivity contribution in [2.45, 2.75) is 25.5 Å².